The first-order valence-electron chi connectivity index (χ1n) is 10.9. The van der Waals surface area contributed by atoms with Gasteiger partial charge < -0.3 is 10.2 Å². The van der Waals surface area contributed by atoms with Crippen molar-refractivity contribution in [1.29, 1.82) is 0 Å². The summed E-state index contributed by atoms with van der Waals surface area (Å²) in [7, 11) is 2.02. The average molecular weight is 409 g/mol. The Morgan fingerprint density at radius 3 is 2.41 bits per heavy atom. The van der Waals surface area contributed by atoms with Gasteiger partial charge in [0.25, 0.3) is 0 Å². The number of halogens is 1. The topological polar surface area (TPSA) is 32.3 Å². The van der Waals surface area contributed by atoms with Gasteiger partial charge in [0.2, 0.25) is 5.91 Å². The highest BCUT2D eigenvalue weighted by Gasteiger charge is 2.59. The third-order valence-corrected chi connectivity index (χ3v) is 7.68. The molecular weight excluding hydrogens is 380 g/mol. The number of nitrogens with one attached hydrogen (secondary N) is 1. The first-order valence-corrected chi connectivity index (χ1v) is 11.3. The van der Waals surface area contributed by atoms with E-state index in [1.165, 1.54) is 12.0 Å². The van der Waals surface area contributed by atoms with Crippen molar-refractivity contribution in [3.63, 3.8) is 0 Å². The summed E-state index contributed by atoms with van der Waals surface area (Å²) in [6.45, 7) is 0.923. The van der Waals surface area contributed by atoms with Crippen molar-refractivity contribution < 1.29 is 4.79 Å². The molecular formula is C25H29ClN2O. The van der Waals surface area contributed by atoms with Crippen LogP contribution in [0, 0.1) is 5.41 Å². The van der Waals surface area contributed by atoms with Gasteiger partial charge in [-0.2, -0.15) is 0 Å². The number of anilines is 1. The molecule has 3 nitrogen and oxygen atoms in total. The number of benzene rings is 2. The van der Waals surface area contributed by atoms with Gasteiger partial charge in [-0.25, -0.2) is 0 Å². The molecule has 4 heteroatoms. The summed E-state index contributed by atoms with van der Waals surface area (Å²) in [6, 6.07) is 16.8. The molecule has 2 aromatic rings. The maximum absolute atomic E-state index is 14.2. The minimum Gasteiger partial charge on any atom is -0.319 e. The van der Waals surface area contributed by atoms with Crippen LogP contribution >= 0.6 is 11.6 Å². The van der Waals surface area contributed by atoms with Gasteiger partial charge in [-0.3, -0.25) is 4.79 Å². The van der Waals surface area contributed by atoms with E-state index in [-0.39, 0.29) is 16.9 Å². The van der Waals surface area contributed by atoms with Crippen molar-refractivity contribution in [3.8, 4) is 0 Å². The smallest absolute Gasteiger partial charge is 0.238 e. The predicted molar refractivity (Wildman–Crippen MR) is 118 cm³/mol. The van der Waals surface area contributed by atoms with E-state index in [9.17, 15) is 4.79 Å². The van der Waals surface area contributed by atoms with Gasteiger partial charge in [0.1, 0.15) is 0 Å². The Morgan fingerprint density at radius 1 is 1.03 bits per heavy atom. The number of carbonyl (C=O) groups is 1. The van der Waals surface area contributed by atoms with Crippen LogP contribution < -0.4 is 10.2 Å². The van der Waals surface area contributed by atoms with Gasteiger partial charge in [-0.1, -0.05) is 61.2 Å². The Bertz CT molecular complexity index is 916. The van der Waals surface area contributed by atoms with E-state index >= 15 is 0 Å². The SMILES string of the molecule is CNCC1([C@H](c2ccccc2)N2C(=O)C3(CCCCC3)c3cc(Cl)ccc32)CC1. The lowest BCUT2D eigenvalue weighted by atomic mass is 9.70. The molecule has 3 aliphatic rings. The summed E-state index contributed by atoms with van der Waals surface area (Å²) in [5.74, 6) is 0.297. The fraction of sp³-hybridized carbons (Fsp3) is 0.480. The maximum Gasteiger partial charge on any atom is 0.238 e. The molecule has 1 atom stereocenters. The van der Waals surface area contributed by atoms with Crippen LogP contribution in [0.25, 0.3) is 0 Å². The van der Waals surface area contributed by atoms with Crippen LogP contribution in [0.4, 0.5) is 5.69 Å². The van der Waals surface area contributed by atoms with Crippen LogP contribution in [-0.4, -0.2) is 19.5 Å². The molecule has 2 aliphatic carbocycles. The number of fused-ring (bicyclic) bond motifs is 2. The summed E-state index contributed by atoms with van der Waals surface area (Å²) in [6.07, 6.45) is 7.62. The molecule has 2 aromatic carbocycles. The third kappa shape index (κ3) is 2.93. The molecule has 5 rings (SSSR count). The highest BCUT2D eigenvalue weighted by Crippen LogP contribution is 2.61. The molecule has 1 heterocycles. The van der Waals surface area contributed by atoms with Crippen molar-refractivity contribution in [2.75, 3.05) is 18.5 Å². The summed E-state index contributed by atoms with van der Waals surface area (Å²) < 4.78 is 0. The fourth-order valence-electron chi connectivity index (χ4n) is 5.92. The van der Waals surface area contributed by atoms with Crippen LogP contribution in [0.5, 0.6) is 0 Å². The van der Waals surface area contributed by atoms with Crippen LogP contribution in [-0.2, 0) is 10.2 Å². The van der Waals surface area contributed by atoms with E-state index in [4.69, 9.17) is 11.6 Å². The molecule has 1 aliphatic heterocycles. The van der Waals surface area contributed by atoms with E-state index in [1.54, 1.807) is 0 Å². The quantitative estimate of drug-likeness (QED) is 0.695. The molecule has 0 unspecified atom stereocenters. The van der Waals surface area contributed by atoms with Crippen molar-refractivity contribution in [2.45, 2.75) is 56.4 Å². The fourth-order valence-corrected chi connectivity index (χ4v) is 6.10. The number of hydrogen-bond acceptors (Lipinski definition) is 2. The molecule has 0 radical (unpaired) electrons. The summed E-state index contributed by atoms with van der Waals surface area (Å²) in [5, 5.41) is 4.14. The van der Waals surface area contributed by atoms with E-state index in [1.807, 2.05) is 13.1 Å². The molecule has 0 bridgehead atoms. The van der Waals surface area contributed by atoms with Gasteiger partial charge in [0, 0.05) is 22.7 Å². The van der Waals surface area contributed by atoms with E-state index in [0.29, 0.717) is 5.91 Å². The largest absolute Gasteiger partial charge is 0.319 e. The van der Waals surface area contributed by atoms with Crippen molar-refractivity contribution in [3.05, 3.63) is 64.7 Å². The molecule has 2 saturated carbocycles. The first kappa shape index (κ1) is 19.1. The van der Waals surface area contributed by atoms with Gasteiger partial charge in [-0.15, -0.1) is 0 Å². The number of carbonyl (C=O) groups excluding carboxylic acids is 1. The summed E-state index contributed by atoms with van der Waals surface area (Å²) >= 11 is 6.43. The summed E-state index contributed by atoms with van der Waals surface area (Å²) in [4.78, 5) is 16.4. The average Bonchev–Trinajstić information content (AvgIpc) is 3.49. The summed E-state index contributed by atoms with van der Waals surface area (Å²) in [5.41, 5.74) is 3.19. The standard InChI is InChI=1S/C25H29ClN2O/c1-27-17-24(14-15-24)22(18-8-4-2-5-9-18)28-21-11-10-19(26)16-20(21)25(23(28)29)12-6-3-7-13-25/h2,4-5,8-11,16,22,27H,3,6-7,12-15,17H2,1H3/t22-/m0/s1. The van der Waals surface area contributed by atoms with E-state index in [2.05, 4.69) is 52.7 Å². The maximum atomic E-state index is 14.2. The van der Waals surface area contributed by atoms with E-state index < -0.39 is 0 Å². The zero-order chi connectivity index (χ0) is 20.1. The number of rotatable bonds is 5. The van der Waals surface area contributed by atoms with Gasteiger partial charge in [-0.05, 0) is 62.1 Å². The Balaban J connectivity index is 1.68. The zero-order valence-corrected chi connectivity index (χ0v) is 17.8. The Hall–Kier alpha value is -1.84. The number of amides is 1. The predicted octanol–water partition coefficient (Wildman–Crippen LogP) is 5.63. The second-order valence-corrected chi connectivity index (χ2v) is 9.62. The highest BCUT2D eigenvalue weighted by atomic mass is 35.5. The molecule has 0 saturated heterocycles. The van der Waals surface area contributed by atoms with Crippen LogP contribution in [0.15, 0.2) is 48.5 Å². The minimum absolute atomic E-state index is 0.0601. The lowest BCUT2D eigenvalue weighted by Crippen LogP contribution is -2.46. The Morgan fingerprint density at radius 2 is 1.76 bits per heavy atom. The second-order valence-electron chi connectivity index (χ2n) is 9.19. The molecule has 2 fully saturated rings. The first-order chi connectivity index (χ1) is 14.1. The molecule has 1 N–H and O–H groups in total. The second kappa shape index (κ2) is 7.14. The highest BCUT2D eigenvalue weighted by molar-refractivity contribution is 6.31. The van der Waals surface area contributed by atoms with Gasteiger partial charge >= 0.3 is 0 Å². The number of nitrogens with zero attached hydrogens (tertiary/aromatic N) is 1. The number of hydrogen-bond donors (Lipinski definition) is 1. The monoisotopic (exact) mass is 408 g/mol. The van der Waals surface area contributed by atoms with Gasteiger partial charge in [0.05, 0.1) is 11.5 Å². The molecule has 29 heavy (non-hydrogen) atoms. The molecule has 1 spiro atoms. The molecule has 1 amide bonds. The van der Waals surface area contributed by atoms with E-state index in [0.717, 1.165) is 61.3 Å². The van der Waals surface area contributed by atoms with Crippen molar-refractivity contribution >= 4 is 23.2 Å². The molecule has 152 valence electrons. The zero-order valence-electron chi connectivity index (χ0n) is 17.1. The minimum atomic E-state index is -0.388. The van der Waals surface area contributed by atoms with Gasteiger partial charge in [0.15, 0.2) is 0 Å². The third-order valence-electron chi connectivity index (χ3n) is 7.44. The van der Waals surface area contributed by atoms with Crippen molar-refractivity contribution in [2.24, 2.45) is 5.41 Å². The lowest BCUT2D eigenvalue weighted by Gasteiger charge is -2.38. The lowest BCUT2D eigenvalue weighted by molar-refractivity contribution is -0.125. The van der Waals surface area contributed by atoms with Crippen LogP contribution in [0.1, 0.15) is 62.1 Å². The van der Waals surface area contributed by atoms with Crippen LogP contribution in [0.3, 0.4) is 0 Å². The normalized spacial score (nSPS) is 22.6. The van der Waals surface area contributed by atoms with Crippen LogP contribution in [0.2, 0.25) is 5.02 Å². The Kier molecular flexibility index (Phi) is 4.71. The Labute approximate surface area is 178 Å². The molecule has 0 aromatic heterocycles. The van der Waals surface area contributed by atoms with Crippen molar-refractivity contribution in [1.82, 2.24) is 5.32 Å².